The summed E-state index contributed by atoms with van der Waals surface area (Å²) < 4.78 is 14.0. The van der Waals surface area contributed by atoms with Crippen molar-refractivity contribution >= 4 is 23.3 Å². The number of benzene rings is 1. The number of halogens is 1. The predicted octanol–water partition coefficient (Wildman–Crippen LogP) is 3.79. The van der Waals surface area contributed by atoms with Gasteiger partial charge in [-0.15, -0.1) is 0 Å². The largest absolute Gasteiger partial charge is 0.326 e. The minimum Gasteiger partial charge on any atom is -0.326 e. The van der Waals surface area contributed by atoms with Gasteiger partial charge in [-0.1, -0.05) is 6.92 Å². The summed E-state index contributed by atoms with van der Waals surface area (Å²) in [5.41, 5.74) is 1.36. The summed E-state index contributed by atoms with van der Waals surface area (Å²) >= 11 is 0. The number of anilines is 2. The Bertz CT molecular complexity index is 752. The molecule has 1 atom stereocenters. The molecule has 0 spiro atoms. The van der Waals surface area contributed by atoms with Crippen molar-refractivity contribution in [3.63, 3.8) is 0 Å². The highest BCUT2D eigenvalue weighted by Gasteiger charge is 2.21. The standard InChI is InChI=1S/C18H21FN4O2/c1-4-17(13-7-9-20-10-8-13)23(3)18(25)22-16-11-14(21-12(2)24)5-6-15(16)19/h5-11,17H,4H2,1-3H3,(H,21,24)(H,22,25)/t17-/m1/s1. The molecule has 1 aromatic heterocycles. The molecule has 2 aromatic rings. The Hall–Kier alpha value is -2.96. The van der Waals surface area contributed by atoms with Gasteiger partial charge in [0, 0.05) is 32.1 Å². The first kappa shape index (κ1) is 18.4. The summed E-state index contributed by atoms with van der Waals surface area (Å²) in [7, 11) is 1.65. The Balaban J connectivity index is 2.16. The van der Waals surface area contributed by atoms with Crippen LogP contribution in [-0.4, -0.2) is 28.9 Å². The lowest BCUT2D eigenvalue weighted by Crippen LogP contribution is -2.35. The van der Waals surface area contributed by atoms with Crippen molar-refractivity contribution in [2.45, 2.75) is 26.3 Å². The molecule has 0 fully saturated rings. The molecular formula is C18H21FN4O2. The number of carbonyl (C=O) groups is 2. The van der Waals surface area contributed by atoms with Crippen LogP contribution < -0.4 is 10.6 Å². The zero-order valence-electron chi connectivity index (χ0n) is 14.4. The molecule has 0 unspecified atom stereocenters. The molecule has 7 heteroatoms. The number of amides is 3. The van der Waals surface area contributed by atoms with E-state index in [1.54, 1.807) is 19.4 Å². The Labute approximate surface area is 146 Å². The fourth-order valence-electron chi connectivity index (χ4n) is 2.57. The van der Waals surface area contributed by atoms with Gasteiger partial charge in [-0.25, -0.2) is 9.18 Å². The van der Waals surface area contributed by atoms with Gasteiger partial charge in [0.15, 0.2) is 0 Å². The predicted molar refractivity (Wildman–Crippen MR) is 94.8 cm³/mol. The minimum absolute atomic E-state index is 0.00711. The van der Waals surface area contributed by atoms with Crippen molar-refractivity contribution in [3.8, 4) is 0 Å². The van der Waals surface area contributed by atoms with Crippen molar-refractivity contribution in [1.82, 2.24) is 9.88 Å². The van der Waals surface area contributed by atoms with Crippen LogP contribution >= 0.6 is 0 Å². The Kier molecular flexibility index (Phi) is 6.05. The molecule has 3 amide bonds. The molecule has 0 bridgehead atoms. The van der Waals surface area contributed by atoms with Crippen molar-refractivity contribution in [1.29, 1.82) is 0 Å². The van der Waals surface area contributed by atoms with E-state index in [9.17, 15) is 14.0 Å². The first-order valence-corrected chi connectivity index (χ1v) is 7.93. The maximum absolute atomic E-state index is 14.0. The Morgan fingerprint density at radius 2 is 1.88 bits per heavy atom. The Morgan fingerprint density at radius 3 is 2.48 bits per heavy atom. The normalized spacial score (nSPS) is 11.5. The summed E-state index contributed by atoms with van der Waals surface area (Å²) in [5, 5.41) is 5.11. The van der Waals surface area contributed by atoms with Gasteiger partial charge < -0.3 is 15.5 Å². The van der Waals surface area contributed by atoms with Crippen LogP contribution in [0.25, 0.3) is 0 Å². The van der Waals surface area contributed by atoms with Gasteiger partial charge in [-0.2, -0.15) is 0 Å². The van der Waals surface area contributed by atoms with E-state index in [1.807, 2.05) is 19.1 Å². The molecule has 25 heavy (non-hydrogen) atoms. The second kappa shape index (κ2) is 8.23. The van der Waals surface area contributed by atoms with Crippen LogP contribution in [0.3, 0.4) is 0 Å². The second-order valence-electron chi connectivity index (χ2n) is 5.62. The summed E-state index contributed by atoms with van der Waals surface area (Å²) in [5.74, 6) is -0.849. The molecule has 0 aliphatic rings. The fourth-order valence-corrected chi connectivity index (χ4v) is 2.57. The van der Waals surface area contributed by atoms with Crippen LogP contribution in [0.5, 0.6) is 0 Å². The zero-order chi connectivity index (χ0) is 18.4. The molecular weight excluding hydrogens is 323 g/mol. The van der Waals surface area contributed by atoms with E-state index in [1.165, 1.54) is 30.0 Å². The Morgan fingerprint density at radius 1 is 1.20 bits per heavy atom. The van der Waals surface area contributed by atoms with Crippen molar-refractivity contribution in [3.05, 3.63) is 54.1 Å². The molecule has 1 heterocycles. The van der Waals surface area contributed by atoms with E-state index in [-0.39, 0.29) is 17.6 Å². The van der Waals surface area contributed by atoms with E-state index in [0.29, 0.717) is 12.1 Å². The van der Waals surface area contributed by atoms with Crippen molar-refractivity contribution in [2.24, 2.45) is 0 Å². The van der Waals surface area contributed by atoms with Gasteiger partial charge in [0.2, 0.25) is 5.91 Å². The monoisotopic (exact) mass is 344 g/mol. The summed E-state index contributed by atoms with van der Waals surface area (Å²) in [6.45, 7) is 3.32. The molecule has 0 saturated heterocycles. The maximum Gasteiger partial charge on any atom is 0.322 e. The lowest BCUT2D eigenvalue weighted by atomic mass is 10.1. The molecule has 0 aliphatic heterocycles. The van der Waals surface area contributed by atoms with E-state index < -0.39 is 11.8 Å². The quantitative estimate of drug-likeness (QED) is 0.866. The molecule has 2 rings (SSSR count). The number of nitrogens with one attached hydrogen (secondary N) is 2. The van der Waals surface area contributed by atoms with E-state index in [2.05, 4.69) is 15.6 Å². The average Bonchev–Trinajstić information content (AvgIpc) is 2.59. The zero-order valence-corrected chi connectivity index (χ0v) is 14.4. The number of pyridine rings is 1. The maximum atomic E-state index is 14.0. The lowest BCUT2D eigenvalue weighted by Gasteiger charge is -2.28. The number of urea groups is 1. The van der Waals surface area contributed by atoms with Crippen LogP contribution in [-0.2, 0) is 4.79 Å². The van der Waals surface area contributed by atoms with Crippen molar-refractivity contribution < 1.29 is 14.0 Å². The highest BCUT2D eigenvalue weighted by molar-refractivity contribution is 5.92. The number of nitrogens with zero attached hydrogens (tertiary/aromatic N) is 2. The third-order valence-electron chi connectivity index (χ3n) is 3.79. The SMILES string of the molecule is CC[C@H](c1ccncc1)N(C)C(=O)Nc1cc(NC(C)=O)ccc1F. The van der Waals surface area contributed by atoms with E-state index >= 15 is 0 Å². The van der Waals surface area contributed by atoms with E-state index in [4.69, 9.17) is 0 Å². The third kappa shape index (κ3) is 4.76. The molecule has 132 valence electrons. The number of carbonyl (C=O) groups excluding carboxylic acids is 2. The van der Waals surface area contributed by atoms with Crippen molar-refractivity contribution in [2.75, 3.05) is 17.7 Å². The number of rotatable bonds is 5. The van der Waals surface area contributed by atoms with E-state index in [0.717, 1.165) is 5.56 Å². The molecule has 6 nitrogen and oxygen atoms in total. The topological polar surface area (TPSA) is 74.3 Å². The van der Waals surface area contributed by atoms with Crippen LogP contribution in [0.1, 0.15) is 31.9 Å². The first-order valence-electron chi connectivity index (χ1n) is 7.93. The summed E-state index contributed by atoms with van der Waals surface area (Å²) in [6.07, 6.45) is 4.03. The van der Waals surface area contributed by atoms with Gasteiger partial charge in [0.25, 0.3) is 0 Å². The van der Waals surface area contributed by atoms with Gasteiger partial charge in [-0.05, 0) is 42.3 Å². The second-order valence-corrected chi connectivity index (χ2v) is 5.62. The number of aromatic nitrogens is 1. The molecule has 1 aromatic carbocycles. The molecule has 2 N–H and O–H groups in total. The van der Waals surface area contributed by atoms with Gasteiger partial charge >= 0.3 is 6.03 Å². The summed E-state index contributed by atoms with van der Waals surface area (Å²) in [6, 6.07) is 7.09. The number of hydrogen-bond acceptors (Lipinski definition) is 3. The molecule has 0 aliphatic carbocycles. The van der Waals surface area contributed by atoms with Gasteiger partial charge in [-0.3, -0.25) is 9.78 Å². The van der Waals surface area contributed by atoms with Gasteiger partial charge in [0.05, 0.1) is 11.7 Å². The average molecular weight is 344 g/mol. The molecule has 0 radical (unpaired) electrons. The third-order valence-corrected chi connectivity index (χ3v) is 3.79. The molecule has 0 saturated carbocycles. The first-order chi connectivity index (χ1) is 11.9. The lowest BCUT2D eigenvalue weighted by molar-refractivity contribution is -0.114. The number of hydrogen-bond donors (Lipinski definition) is 2. The smallest absolute Gasteiger partial charge is 0.322 e. The summed E-state index contributed by atoms with van der Waals surface area (Å²) in [4.78, 5) is 29.1. The highest BCUT2D eigenvalue weighted by atomic mass is 19.1. The van der Waals surface area contributed by atoms with Crippen LogP contribution in [0.15, 0.2) is 42.7 Å². The minimum atomic E-state index is -0.576. The van der Waals surface area contributed by atoms with Crippen LogP contribution in [0.2, 0.25) is 0 Å². The van der Waals surface area contributed by atoms with Gasteiger partial charge in [0.1, 0.15) is 5.82 Å². The van der Waals surface area contributed by atoms with Crippen LogP contribution in [0.4, 0.5) is 20.6 Å². The highest BCUT2D eigenvalue weighted by Crippen LogP contribution is 2.25. The van der Waals surface area contributed by atoms with Crippen LogP contribution in [0, 0.1) is 5.82 Å². The fraction of sp³-hybridized carbons (Fsp3) is 0.278.